The molecule has 2 rings (SSSR count). The summed E-state index contributed by atoms with van der Waals surface area (Å²) in [6, 6.07) is 7.84. The zero-order valence-corrected chi connectivity index (χ0v) is 10.3. The van der Waals surface area contributed by atoms with Crippen molar-refractivity contribution in [2.24, 2.45) is 12.9 Å². The lowest BCUT2D eigenvalue weighted by molar-refractivity contribution is 0.570. The van der Waals surface area contributed by atoms with E-state index in [2.05, 4.69) is 31.7 Å². The summed E-state index contributed by atoms with van der Waals surface area (Å²) >= 11 is 3.43. The molecule has 0 aliphatic heterocycles. The van der Waals surface area contributed by atoms with Gasteiger partial charge in [0.15, 0.2) is 0 Å². The third-order valence-corrected chi connectivity index (χ3v) is 2.89. The van der Waals surface area contributed by atoms with Gasteiger partial charge >= 0.3 is 0 Å². The van der Waals surface area contributed by atoms with E-state index in [1.807, 2.05) is 31.3 Å². The van der Waals surface area contributed by atoms with E-state index < -0.39 is 0 Å². The van der Waals surface area contributed by atoms with Crippen molar-refractivity contribution >= 4 is 15.9 Å². The fourth-order valence-electron chi connectivity index (χ4n) is 1.60. The minimum atomic E-state index is -0.113. The van der Waals surface area contributed by atoms with Crippen LogP contribution in [0, 0.1) is 0 Å². The van der Waals surface area contributed by atoms with Gasteiger partial charge in [0.25, 0.3) is 0 Å². The molecule has 1 aromatic heterocycles. The molecule has 0 radical (unpaired) electrons. The zero-order valence-electron chi connectivity index (χ0n) is 8.76. The normalized spacial score (nSPS) is 12.7. The number of nitrogens with zero attached hydrogens (tertiary/aromatic N) is 3. The van der Waals surface area contributed by atoms with Gasteiger partial charge < -0.3 is 0 Å². The van der Waals surface area contributed by atoms with E-state index in [0.717, 1.165) is 15.7 Å². The lowest BCUT2D eigenvalue weighted by Gasteiger charge is -2.16. The fourth-order valence-corrected chi connectivity index (χ4v) is 2.01. The van der Waals surface area contributed by atoms with Gasteiger partial charge in [0.2, 0.25) is 0 Å². The van der Waals surface area contributed by atoms with Crippen LogP contribution >= 0.6 is 15.9 Å². The molecule has 0 aliphatic carbocycles. The standard InChI is InChI=1S/C10H12BrN5/c1-16-9(6-13-15-16)10(14-12)7-3-2-4-8(11)5-7/h2-6,10,14H,12H2,1H3. The van der Waals surface area contributed by atoms with Gasteiger partial charge in [-0.05, 0) is 17.7 Å². The van der Waals surface area contributed by atoms with Crippen LogP contribution in [0.5, 0.6) is 0 Å². The first kappa shape index (κ1) is 11.3. The first-order valence-corrected chi connectivity index (χ1v) is 5.58. The summed E-state index contributed by atoms with van der Waals surface area (Å²) in [6.45, 7) is 0. The van der Waals surface area contributed by atoms with Gasteiger partial charge in [-0.3, -0.25) is 10.5 Å². The fraction of sp³-hybridized carbons (Fsp3) is 0.200. The van der Waals surface area contributed by atoms with Crippen molar-refractivity contribution in [2.45, 2.75) is 6.04 Å². The smallest absolute Gasteiger partial charge is 0.0894 e. The summed E-state index contributed by atoms with van der Waals surface area (Å²) in [4.78, 5) is 0. The van der Waals surface area contributed by atoms with E-state index in [1.165, 1.54) is 0 Å². The molecular formula is C10H12BrN5. The van der Waals surface area contributed by atoms with Crippen LogP contribution in [0.15, 0.2) is 34.9 Å². The number of rotatable bonds is 3. The molecule has 0 saturated heterocycles. The number of aryl methyl sites for hydroxylation is 1. The zero-order chi connectivity index (χ0) is 11.5. The number of hydrogen-bond donors (Lipinski definition) is 2. The molecule has 0 bridgehead atoms. The van der Waals surface area contributed by atoms with Gasteiger partial charge in [0.05, 0.1) is 17.9 Å². The molecule has 1 unspecified atom stereocenters. The predicted molar refractivity (Wildman–Crippen MR) is 64.3 cm³/mol. The molecule has 0 aliphatic rings. The molecule has 0 spiro atoms. The highest BCUT2D eigenvalue weighted by atomic mass is 79.9. The van der Waals surface area contributed by atoms with E-state index in [9.17, 15) is 0 Å². The van der Waals surface area contributed by atoms with Gasteiger partial charge in [-0.1, -0.05) is 33.3 Å². The number of benzene rings is 1. The largest absolute Gasteiger partial charge is 0.271 e. The molecule has 5 nitrogen and oxygen atoms in total. The Kier molecular flexibility index (Phi) is 3.33. The summed E-state index contributed by atoms with van der Waals surface area (Å²) in [6.07, 6.45) is 1.70. The summed E-state index contributed by atoms with van der Waals surface area (Å²) in [7, 11) is 1.84. The average Bonchev–Trinajstić information content (AvgIpc) is 2.67. The third kappa shape index (κ3) is 2.13. The molecule has 3 N–H and O–H groups in total. The molecule has 0 fully saturated rings. The number of halogens is 1. The molecule has 84 valence electrons. The van der Waals surface area contributed by atoms with Gasteiger partial charge in [-0.2, -0.15) is 0 Å². The SMILES string of the molecule is Cn1nncc1C(NN)c1cccc(Br)c1. The topological polar surface area (TPSA) is 68.8 Å². The molecule has 0 saturated carbocycles. The molecule has 1 aromatic carbocycles. The van der Waals surface area contributed by atoms with Crippen LogP contribution in [-0.4, -0.2) is 15.0 Å². The number of nitrogens with one attached hydrogen (secondary N) is 1. The molecule has 16 heavy (non-hydrogen) atoms. The molecule has 2 aromatic rings. The maximum Gasteiger partial charge on any atom is 0.0894 e. The van der Waals surface area contributed by atoms with Crippen LogP contribution in [0.25, 0.3) is 0 Å². The maximum atomic E-state index is 5.58. The first-order chi connectivity index (χ1) is 7.72. The second-order valence-electron chi connectivity index (χ2n) is 3.44. The third-order valence-electron chi connectivity index (χ3n) is 2.39. The number of hydrogen-bond acceptors (Lipinski definition) is 4. The number of hydrazine groups is 1. The Morgan fingerprint density at radius 2 is 2.31 bits per heavy atom. The summed E-state index contributed by atoms with van der Waals surface area (Å²) in [5.74, 6) is 5.58. The van der Waals surface area contributed by atoms with Gasteiger partial charge in [-0.25, -0.2) is 5.43 Å². The highest BCUT2D eigenvalue weighted by molar-refractivity contribution is 9.10. The molecule has 1 heterocycles. The van der Waals surface area contributed by atoms with Crippen molar-refractivity contribution in [3.8, 4) is 0 Å². The Morgan fingerprint density at radius 1 is 1.50 bits per heavy atom. The second-order valence-corrected chi connectivity index (χ2v) is 4.35. The second kappa shape index (κ2) is 4.73. The van der Waals surface area contributed by atoms with Crippen molar-refractivity contribution in [3.05, 3.63) is 46.2 Å². The average molecular weight is 282 g/mol. The van der Waals surface area contributed by atoms with Crippen LogP contribution in [-0.2, 0) is 7.05 Å². The summed E-state index contributed by atoms with van der Waals surface area (Å²) in [5, 5.41) is 7.74. The number of nitrogens with two attached hydrogens (primary N) is 1. The first-order valence-electron chi connectivity index (χ1n) is 4.78. The van der Waals surface area contributed by atoms with Crippen LogP contribution < -0.4 is 11.3 Å². The van der Waals surface area contributed by atoms with Crippen molar-refractivity contribution in [2.75, 3.05) is 0 Å². The van der Waals surface area contributed by atoms with Crippen LogP contribution in [0.3, 0.4) is 0 Å². The lowest BCUT2D eigenvalue weighted by Crippen LogP contribution is -2.30. The monoisotopic (exact) mass is 281 g/mol. The van der Waals surface area contributed by atoms with Crippen molar-refractivity contribution < 1.29 is 0 Å². The van der Waals surface area contributed by atoms with E-state index in [1.54, 1.807) is 10.9 Å². The minimum Gasteiger partial charge on any atom is -0.271 e. The Hall–Kier alpha value is -1.24. The highest BCUT2D eigenvalue weighted by Crippen LogP contribution is 2.22. The van der Waals surface area contributed by atoms with Crippen molar-refractivity contribution in [3.63, 3.8) is 0 Å². The van der Waals surface area contributed by atoms with Gasteiger partial charge in [0.1, 0.15) is 0 Å². The minimum absolute atomic E-state index is 0.113. The van der Waals surface area contributed by atoms with Crippen LogP contribution in [0.2, 0.25) is 0 Å². The number of aromatic nitrogens is 3. The van der Waals surface area contributed by atoms with E-state index in [-0.39, 0.29) is 6.04 Å². The van der Waals surface area contributed by atoms with Crippen LogP contribution in [0.1, 0.15) is 17.3 Å². The Bertz CT molecular complexity index is 482. The van der Waals surface area contributed by atoms with E-state index in [0.29, 0.717) is 0 Å². The summed E-state index contributed by atoms with van der Waals surface area (Å²) in [5.41, 5.74) is 4.74. The maximum absolute atomic E-state index is 5.58. The quantitative estimate of drug-likeness (QED) is 0.654. The highest BCUT2D eigenvalue weighted by Gasteiger charge is 2.16. The predicted octanol–water partition coefficient (Wildman–Crippen LogP) is 1.13. The molecule has 6 heteroatoms. The molecule has 1 atom stereocenters. The summed E-state index contributed by atoms with van der Waals surface area (Å²) < 4.78 is 2.71. The molecule has 0 amide bonds. The molecular weight excluding hydrogens is 270 g/mol. The van der Waals surface area contributed by atoms with Gasteiger partial charge in [0, 0.05) is 11.5 Å². The lowest BCUT2D eigenvalue weighted by atomic mass is 10.1. The van der Waals surface area contributed by atoms with E-state index in [4.69, 9.17) is 5.84 Å². The van der Waals surface area contributed by atoms with Crippen molar-refractivity contribution in [1.82, 2.24) is 20.4 Å². The Morgan fingerprint density at radius 3 is 2.88 bits per heavy atom. The van der Waals surface area contributed by atoms with E-state index >= 15 is 0 Å². The Labute approximate surface area is 102 Å². The van der Waals surface area contributed by atoms with Crippen LogP contribution in [0.4, 0.5) is 0 Å². The van der Waals surface area contributed by atoms with Crippen molar-refractivity contribution in [1.29, 1.82) is 0 Å². The van der Waals surface area contributed by atoms with Gasteiger partial charge in [-0.15, -0.1) is 5.10 Å². The Balaban J connectivity index is 2.40.